The van der Waals surface area contributed by atoms with Gasteiger partial charge in [0.2, 0.25) is 0 Å². The van der Waals surface area contributed by atoms with Crippen LogP contribution in [-0.4, -0.2) is 41.2 Å². The minimum Gasteiger partial charge on any atom is -0.495 e. The van der Waals surface area contributed by atoms with Gasteiger partial charge in [-0.2, -0.15) is 0 Å². The molecule has 0 unspecified atom stereocenters. The van der Waals surface area contributed by atoms with E-state index in [-0.39, 0.29) is 11.5 Å². The second kappa shape index (κ2) is 8.82. The van der Waals surface area contributed by atoms with E-state index in [0.29, 0.717) is 15.8 Å². The molecule has 2 aromatic carbocycles. The third-order valence-electron chi connectivity index (χ3n) is 3.87. The molecule has 0 spiro atoms. The van der Waals surface area contributed by atoms with Crippen LogP contribution in [0.1, 0.15) is 15.9 Å². The highest BCUT2D eigenvalue weighted by Gasteiger charge is 2.30. The van der Waals surface area contributed by atoms with Gasteiger partial charge in [0.05, 0.1) is 26.8 Å². The van der Waals surface area contributed by atoms with E-state index in [1.165, 1.54) is 28.8 Å². The van der Waals surface area contributed by atoms with Crippen LogP contribution in [0.2, 0.25) is 0 Å². The van der Waals surface area contributed by atoms with Gasteiger partial charge < -0.3 is 9.84 Å². The smallest absolute Gasteiger partial charge is 0.335 e. The molecule has 9 heteroatoms. The number of carboxylic acid groups (broad SMARTS) is 1. The number of likely N-dealkylation sites (N-methyl/N-ethyl adjacent to an activating group) is 1. The van der Waals surface area contributed by atoms with Gasteiger partial charge in [0.1, 0.15) is 5.75 Å². The van der Waals surface area contributed by atoms with Crippen LogP contribution < -0.4 is 4.74 Å². The molecule has 0 saturated carbocycles. The molecule has 1 amide bonds. The molecular formula is C19H14I2N2O4S. The van der Waals surface area contributed by atoms with Crippen LogP contribution in [0.25, 0.3) is 6.08 Å². The Bertz CT molecular complexity index is 1020. The van der Waals surface area contributed by atoms with Crippen molar-refractivity contribution >= 4 is 85.8 Å². The number of ether oxygens (including phenoxy) is 1. The van der Waals surface area contributed by atoms with Crippen LogP contribution in [-0.2, 0) is 4.79 Å². The van der Waals surface area contributed by atoms with Crippen LogP contribution in [0.3, 0.4) is 0 Å². The number of nitrogens with zero attached hydrogens (tertiary/aromatic N) is 2. The number of hydrogen-bond acceptors (Lipinski definition) is 5. The Morgan fingerprint density at radius 2 is 1.93 bits per heavy atom. The number of amides is 1. The van der Waals surface area contributed by atoms with Crippen molar-refractivity contribution in [1.82, 2.24) is 4.90 Å². The topological polar surface area (TPSA) is 79.2 Å². The van der Waals surface area contributed by atoms with Gasteiger partial charge in [-0.3, -0.25) is 9.69 Å². The maximum Gasteiger partial charge on any atom is 0.335 e. The van der Waals surface area contributed by atoms with Gasteiger partial charge in [0, 0.05) is 16.2 Å². The maximum atomic E-state index is 12.7. The highest BCUT2D eigenvalue weighted by atomic mass is 127. The second-order valence-electron chi connectivity index (χ2n) is 5.73. The van der Waals surface area contributed by atoms with E-state index >= 15 is 0 Å². The van der Waals surface area contributed by atoms with Crippen LogP contribution in [0.5, 0.6) is 5.75 Å². The molecule has 0 aromatic heterocycles. The average Bonchev–Trinajstić information content (AvgIpc) is 2.90. The lowest BCUT2D eigenvalue weighted by Crippen LogP contribution is -2.23. The lowest BCUT2D eigenvalue weighted by Gasteiger charge is -2.09. The van der Waals surface area contributed by atoms with Crippen molar-refractivity contribution in [3.8, 4) is 5.75 Å². The van der Waals surface area contributed by atoms with E-state index in [4.69, 9.17) is 9.84 Å². The van der Waals surface area contributed by atoms with Gasteiger partial charge in [-0.05, 0) is 99.4 Å². The van der Waals surface area contributed by atoms with Crippen molar-refractivity contribution in [2.24, 2.45) is 4.99 Å². The number of halogens is 2. The van der Waals surface area contributed by atoms with Gasteiger partial charge in [0.25, 0.3) is 5.91 Å². The van der Waals surface area contributed by atoms with Crippen molar-refractivity contribution in [2.45, 2.75) is 0 Å². The largest absolute Gasteiger partial charge is 0.495 e. The fraction of sp³-hybridized carbons (Fsp3) is 0.105. The van der Waals surface area contributed by atoms with Crippen molar-refractivity contribution in [3.63, 3.8) is 0 Å². The summed E-state index contributed by atoms with van der Waals surface area (Å²) >= 11 is 5.70. The first-order valence-electron chi connectivity index (χ1n) is 7.93. The Morgan fingerprint density at radius 1 is 1.25 bits per heavy atom. The first-order valence-corrected chi connectivity index (χ1v) is 10.9. The Hall–Kier alpha value is -1.60. The minimum atomic E-state index is -0.993. The van der Waals surface area contributed by atoms with Crippen molar-refractivity contribution < 1.29 is 19.4 Å². The lowest BCUT2D eigenvalue weighted by molar-refractivity contribution is -0.121. The highest BCUT2D eigenvalue weighted by Crippen LogP contribution is 2.36. The molecule has 1 saturated heterocycles. The molecule has 0 bridgehead atoms. The molecule has 1 fully saturated rings. The fourth-order valence-corrected chi connectivity index (χ4v) is 5.57. The van der Waals surface area contributed by atoms with Crippen molar-refractivity contribution in [3.05, 3.63) is 59.6 Å². The molecule has 1 aliphatic rings. The molecular weight excluding hydrogens is 606 g/mol. The fourth-order valence-electron chi connectivity index (χ4n) is 2.48. The number of carbonyl (C=O) groups is 2. The summed E-state index contributed by atoms with van der Waals surface area (Å²) in [5, 5.41) is 9.51. The number of carbonyl (C=O) groups excluding carboxylic acids is 1. The summed E-state index contributed by atoms with van der Waals surface area (Å²) in [6.45, 7) is 0. The monoisotopic (exact) mass is 620 g/mol. The summed E-state index contributed by atoms with van der Waals surface area (Å²) in [4.78, 5) is 30.1. The molecule has 0 aliphatic carbocycles. The number of rotatable bonds is 4. The molecule has 6 nitrogen and oxygen atoms in total. The van der Waals surface area contributed by atoms with E-state index in [2.05, 4.69) is 50.2 Å². The van der Waals surface area contributed by atoms with E-state index < -0.39 is 5.97 Å². The lowest BCUT2D eigenvalue weighted by atomic mass is 10.2. The molecule has 0 radical (unpaired) electrons. The summed E-state index contributed by atoms with van der Waals surface area (Å²) in [7, 11) is 3.27. The van der Waals surface area contributed by atoms with E-state index in [0.717, 1.165) is 18.5 Å². The minimum absolute atomic E-state index is 0.151. The van der Waals surface area contributed by atoms with Crippen LogP contribution >= 0.6 is 56.9 Å². The van der Waals surface area contributed by atoms with Crippen LogP contribution in [0.4, 0.5) is 5.69 Å². The zero-order valence-electron chi connectivity index (χ0n) is 14.8. The van der Waals surface area contributed by atoms with Gasteiger partial charge in [0.15, 0.2) is 5.17 Å². The first kappa shape index (κ1) is 21.1. The SMILES string of the molecule is COc1c(I)cc(I)cc1C=C1SC(=Nc2ccc(C(=O)O)cc2)N(C)C1=O. The maximum absolute atomic E-state index is 12.7. The summed E-state index contributed by atoms with van der Waals surface area (Å²) in [6.07, 6.45) is 1.81. The Morgan fingerprint density at radius 3 is 2.54 bits per heavy atom. The zero-order valence-corrected chi connectivity index (χ0v) is 19.9. The summed E-state index contributed by atoms with van der Waals surface area (Å²) in [6, 6.07) is 10.2. The third kappa shape index (κ3) is 4.51. The second-order valence-corrected chi connectivity index (χ2v) is 9.15. The number of hydrogen-bond donors (Lipinski definition) is 1. The van der Waals surface area contributed by atoms with Crippen molar-refractivity contribution in [2.75, 3.05) is 14.2 Å². The molecule has 28 heavy (non-hydrogen) atoms. The van der Waals surface area contributed by atoms with Gasteiger partial charge in [-0.15, -0.1) is 0 Å². The van der Waals surface area contributed by atoms with E-state index in [1.54, 1.807) is 26.3 Å². The third-order valence-corrected chi connectivity index (χ3v) is 6.35. The van der Waals surface area contributed by atoms with Crippen LogP contribution in [0, 0.1) is 7.14 Å². The highest BCUT2D eigenvalue weighted by molar-refractivity contribution is 14.1. The molecule has 1 heterocycles. The standard InChI is InChI=1S/C19H14I2N2O4S/c1-23-17(24)15(8-11-7-12(20)9-14(21)16(11)27-2)28-19(23)22-13-5-3-10(4-6-13)18(25)26/h3-9H,1-2H3,(H,25,26). The molecule has 2 aromatic rings. The predicted octanol–water partition coefficient (Wildman–Crippen LogP) is 4.84. The van der Waals surface area contributed by atoms with E-state index in [9.17, 15) is 9.59 Å². The summed E-state index contributed by atoms with van der Waals surface area (Å²) in [5.41, 5.74) is 1.60. The number of methoxy groups -OCH3 is 1. The normalized spacial score (nSPS) is 16.9. The molecule has 0 atom stereocenters. The average molecular weight is 620 g/mol. The Labute approximate surface area is 193 Å². The van der Waals surface area contributed by atoms with Crippen molar-refractivity contribution in [1.29, 1.82) is 0 Å². The van der Waals surface area contributed by atoms with Gasteiger partial charge >= 0.3 is 5.97 Å². The summed E-state index contributed by atoms with van der Waals surface area (Å²) in [5.74, 6) is -0.422. The number of benzene rings is 2. The van der Waals surface area contributed by atoms with Gasteiger partial charge in [-0.25, -0.2) is 9.79 Å². The number of aliphatic imine (C=N–C) groups is 1. The van der Waals surface area contributed by atoms with Crippen LogP contribution in [0.15, 0.2) is 46.3 Å². The Balaban J connectivity index is 1.93. The first-order chi connectivity index (χ1) is 13.3. The molecule has 1 N–H and O–H groups in total. The number of carboxylic acids is 1. The van der Waals surface area contributed by atoms with Gasteiger partial charge in [-0.1, -0.05) is 0 Å². The number of amidine groups is 1. The Kier molecular flexibility index (Phi) is 6.65. The quantitative estimate of drug-likeness (QED) is 0.392. The predicted molar refractivity (Wildman–Crippen MR) is 127 cm³/mol. The molecule has 3 rings (SSSR count). The molecule has 144 valence electrons. The zero-order chi connectivity index (χ0) is 20.4. The van der Waals surface area contributed by atoms with E-state index in [1.807, 2.05) is 18.2 Å². The summed E-state index contributed by atoms with van der Waals surface area (Å²) < 4.78 is 7.50. The number of thioether (sulfide) groups is 1. The molecule has 1 aliphatic heterocycles. The number of aromatic carboxylic acids is 1.